The molecule has 1 atom stereocenters. The van der Waals surface area contributed by atoms with Gasteiger partial charge in [0.25, 0.3) is 5.91 Å². The highest BCUT2D eigenvalue weighted by atomic mass is 35.5. The third kappa shape index (κ3) is 6.35. The molecule has 0 fully saturated rings. The van der Waals surface area contributed by atoms with Crippen molar-refractivity contribution in [3.8, 4) is 5.75 Å². The van der Waals surface area contributed by atoms with Gasteiger partial charge >= 0.3 is 6.36 Å². The molecule has 14 heteroatoms. The molecular weight excluding hydrogens is 445 g/mol. The van der Waals surface area contributed by atoms with Gasteiger partial charge in [-0.15, -0.1) is 23.8 Å². The molecule has 1 unspecified atom stereocenters. The van der Waals surface area contributed by atoms with E-state index in [-0.39, 0.29) is 18.1 Å². The van der Waals surface area contributed by atoms with E-state index in [4.69, 9.17) is 16.3 Å². The first-order valence-electron chi connectivity index (χ1n) is 9.16. The molecule has 0 saturated carbocycles. The van der Waals surface area contributed by atoms with Crippen LogP contribution >= 0.6 is 11.6 Å². The van der Waals surface area contributed by atoms with E-state index < -0.39 is 40.6 Å². The SMILES string of the molecule is CCC(COC)C(=O)Nc1c(OC(F)(F)F)ccc(C(=O)NC2=NNNN2CC)c1Cl. The average Bonchev–Trinajstić information content (AvgIpc) is 3.14. The molecule has 4 N–H and O–H groups in total. The number of amides is 2. The highest BCUT2D eigenvalue weighted by Gasteiger charge is 2.34. The third-order valence-electron chi connectivity index (χ3n) is 4.20. The number of anilines is 1. The number of nitrogens with zero attached hydrogens (tertiary/aromatic N) is 2. The maximum Gasteiger partial charge on any atom is 0.573 e. The number of methoxy groups -OCH3 is 1. The second kappa shape index (κ2) is 10.5. The number of carbonyl (C=O) groups is 2. The van der Waals surface area contributed by atoms with Crippen molar-refractivity contribution < 1.29 is 32.2 Å². The topological polar surface area (TPSA) is 116 Å². The van der Waals surface area contributed by atoms with Crippen LogP contribution in [0.5, 0.6) is 5.75 Å². The Morgan fingerprint density at radius 1 is 1.29 bits per heavy atom. The van der Waals surface area contributed by atoms with Gasteiger partial charge in [0.2, 0.25) is 11.9 Å². The van der Waals surface area contributed by atoms with E-state index in [2.05, 4.69) is 31.5 Å². The first-order valence-corrected chi connectivity index (χ1v) is 9.54. The number of benzene rings is 1. The number of hydrogen-bond acceptors (Lipinski definition) is 8. The largest absolute Gasteiger partial charge is 0.573 e. The molecule has 0 aliphatic carbocycles. The standard InChI is InChI=1S/C17H22ClF3N6O4/c1-4-9(8-30-3)14(28)22-13-11(31-17(19,20)21)7-6-10(12(13)18)15(29)23-16-24-25-26-27(16)5-2/h6-7,9,25-26H,4-5,8H2,1-3H3,(H,22,28)(H,23,24,29). The normalized spacial score (nSPS) is 14.5. The first kappa shape index (κ1) is 24.5. The van der Waals surface area contributed by atoms with Crippen LogP contribution < -0.4 is 26.4 Å². The van der Waals surface area contributed by atoms with Crippen LogP contribution in [0.15, 0.2) is 17.2 Å². The zero-order chi connectivity index (χ0) is 23.2. The summed E-state index contributed by atoms with van der Waals surface area (Å²) < 4.78 is 47.4. The Hall–Kier alpha value is -2.77. The number of hydrogen-bond donors (Lipinski definition) is 4. The molecule has 2 rings (SSSR count). The lowest BCUT2D eigenvalue weighted by atomic mass is 10.1. The molecule has 0 radical (unpaired) electrons. The van der Waals surface area contributed by atoms with Crippen LogP contribution in [-0.4, -0.2) is 49.4 Å². The van der Waals surface area contributed by atoms with Gasteiger partial charge in [0.15, 0.2) is 5.75 Å². The number of guanidine groups is 1. The van der Waals surface area contributed by atoms with Crippen LogP contribution in [0.25, 0.3) is 0 Å². The number of halogens is 4. The van der Waals surface area contributed by atoms with Crippen molar-refractivity contribution in [3.05, 3.63) is 22.7 Å². The molecule has 1 aliphatic rings. The molecule has 0 saturated heterocycles. The number of rotatable bonds is 8. The molecule has 0 aromatic heterocycles. The summed E-state index contributed by atoms with van der Waals surface area (Å²) >= 11 is 6.22. The molecule has 0 bridgehead atoms. The molecule has 31 heavy (non-hydrogen) atoms. The van der Waals surface area contributed by atoms with E-state index in [1.54, 1.807) is 13.8 Å². The van der Waals surface area contributed by atoms with Crippen LogP contribution in [0, 0.1) is 5.92 Å². The molecule has 172 valence electrons. The van der Waals surface area contributed by atoms with E-state index >= 15 is 0 Å². The summed E-state index contributed by atoms with van der Waals surface area (Å²) in [7, 11) is 1.39. The summed E-state index contributed by atoms with van der Waals surface area (Å²) in [4.78, 5) is 25.2. The van der Waals surface area contributed by atoms with Gasteiger partial charge in [-0.05, 0) is 25.5 Å². The monoisotopic (exact) mass is 466 g/mol. The van der Waals surface area contributed by atoms with Crippen molar-refractivity contribution in [1.29, 1.82) is 0 Å². The molecular formula is C17H22ClF3N6O4. The lowest BCUT2D eigenvalue weighted by molar-refractivity contribution is -0.274. The van der Waals surface area contributed by atoms with E-state index in [0.29, 0.717) is 13.0 Å². The van der Waals surface area contributed by atoms with Crippen molar-refractivity contribution in [1.82, 2.24) is 21.4 Å². The minimum absolute atomic E-state index is 0.0439. The summed E-state index contributed by atoms with van der Waals surface area (Å²) in [6, 6.07) is 1.94. The van der Waals surface area contributed by atoms with Gasteiger partial charge in [0, 0.05) is 13.7 Å². The van der Waals surface area contributed by atoms with Crippen LogP contribution in [0.3, 0.4) is 0 Å². The van der Waals surface area contributed by atoms with Crippen molar-refractivity contribution in [2.24, 2.45) is 11.0 Å². The minimum Gasteiger partial charge on any atom is -0.404 e. The van der Waals surface area contributed by atoms with E-state index in [1.807, 2.05) is 0 Å². The lowest BCUT2D eigenvalue weighted by Gasteiger charge is -2.20. The summed E-state index contributed by atoms with van der Waals surface area (Å²) in [6.45, 7) is 3.99. The van der Waals surface area contributed by atoms with E-state index in [1.165, 1.54) is 12.1 Å². The van der Waals surface area contributed by atoms with Crippen LogP contribution in [-0.2, 0) is 9.53 Å². The molecule has 1 aliphatic heterocycles. The number of hydrazine groups is 2. The average molecular weight is 467 g/mol. The molecule has 10 nitrogen and oxygen atoms in total. The Labute approximate surface area is 181 Å². The van der Waals surface area contributed by atoms with Gasteiger partial charge in [0.1, 0.15) is 5.69 Å². The summed E-state index contributed by atoms with van der Waals surface area (Å²) in [5.41, 5.74) is 4.42. The fourth-order valence-electron chi connectivity index (χ4n) is 2.61. The Kier molecular flexibility index (Phi) is 8.30. The second-order valence-corrected chi connectivity index (χ2v) is 6.63. The van der Waals surface area contributed by atoms with Crippen molar-refractivity contribution >= 4 is 35.1 Å². The second-order valence-electron chi connectivity index (χ2n) is 6.26. The van der Waals surface area contributed by atoms with Gasteiger partial charge in [-0.1, -0.05) is 18.5 Å². The summed E-state index contributed by atoms with van der Waals surface area (Å²) in [6.07, 6.45) is -4.68. The van der Waals surface area contributed by atoms with Crippen LogP contribution in [0.1, 0.15) is 30.6 Å². The Morgan fingerprint density at radius 3 is 2.58 bits per heavy atom. The van der Waals surface area contributed by atoms with E-state index in [9.17, 15) is 22.8 Å². The van der Waals surface area contributed by atoms with Gasteiger partial charge in [-0.2, -0.15) is 0 Å². The van der Waals surface area contributed by atoms with Crippen molar-refractivity contribution in [3.63, 3.8) is 0 Å². The van der Waals surface area contributed by atoms with Crippen molar-refractivity contribution in [2.45, 2.75) is 26.6 Å². The zero-order valence-electron chi connectivity index (χ0n) is 16.9. The van der Waals surface area contributed by atoms with Gasteiger partial charge in [-0.25, -0.2) is 5.53 Å². The molecule has 1 aromatic rings. The fourth-order valence-corrected chi connectivity index (χ4v) is 2.90. The van der Waals surface area contributed by atoms with E-state index in [0.717, 1.165) is 12.1 Å². The number of carbonyl (C=O) groups excluding carboxylic acids is 2. The zero-order valence-corrected chi connectivity index (χ0v) is 17.6. The molecule has 2 amide bonds. The van der Waals surface area contributed by atoms with Crippen molar-refractivity contribution in [2.75, 3.05) is 25.6 Å². The Morgan fingerprint density at radius 2 is 2.00 bits per heavy atom. The highest BCUT2D eigenvalue weighted by molar-refractivity contribution is 6.37. The third-order valence-corrected chi connectivity index (χ3v) is 4.59. The predicted octanol–water partition coefficient (Wildman–Crippen LogP) is 2.20. The Bertz CT molecular complexity index is 852. The smallest absolute Gasteiger partial charge is 0.404 e. The number of ether oxygens (including phenoxy) is 2. The summed E-state index contributed by atoms with van der Waals surface area (Å²) in [5.74, 6) is -2.69. The van der Waals surface area contributed by atoms with Gasteiger partial charge in [-0.3, -0.25) is 19.9 Å². The maximum atomic E-state index is 12.8. The van der Waals surface area contributed by atoms with Gasteiger partial charge in [0.05, 0.1) is 23.1 Å². The number of nitrogens with one attached hydrogen (secondary N) is 4. The quantitative estimate of drug-likeness (QED) is 0.464. The number of alkyl halides is 3. The molecule has 0 spiro atoms. The summed E-state index contributed by atoms with van der Waals surface area (Å²) in [5, 5.41) is 9.66. The van der Waals surface area contributed by atoms with Crippen LogP contribution in [0.2, 0.25) is 5.02 Å². The van der Waals surface area contributed by atoms with Gasteiger partial charge < -0.3 is 14.8 Å². The fraction of sp³-hybridized carbons (Fsp3) is 0.471. The molecule has 1 heterocycles. The Balaban J connectivity index is 2.37. The minimum atomic E-state index is -5.04. The first-order chi connectivity index (χ1) is 14.6. The molecule has 1 aromatic carbocycles. The van der Waals surface area contributed by atoms with Crippen LogP contribution in [0.4, 0.5) is 18.9 Å². The lowest BCUT2D eigenvalue weighted by Crippen LogP contribution is -2.47. The predicted molar refractivity (Wildman–Crippen MR) is 106 cm³/mol. The highest BCUT2D eigenvalue weighted by Crippen LogP contribution is 2.38. The maximum absolute atomic E-state index is 12.8. The number of hydrazone groups is 1.